The van der Waals surface area contributed by atoms with Crippen LogP contribution in [0, 0.1) is 20.8 Å². The predicted molar refractivity (Wildman–Crippen MR) is 75.1 cm³/mol. The number of fused-ring (bicyclic) bond motifs is 1. The molecule has 2 rings (SSSR count). The zero-order chi connectivity index (χ0) is 15.1. The van der Waals surface area contributed by atoms with Crippen molar-refractivity contribution in [2.24, 2.45) is 0 Å². The van der Waals surface area contributed by atoms with Crippen LogP contribution in [0.1, 0.15) is 29.3 Å². The van der Waals surface area contributed by atoms with E-state index in [0.717, 1.165) is 16.5 Å². The van der Waals surface area contributed by atoms with E-state index in [-0.39, 0.29) is 5.56 Å². The molecule has 2 nitrogen and oxygen atoms in total. The van der Waals surface area contributed by atoms with Gasteiger partial charge in [0.1, 0.15) is 5.69 Å². The number of aromatic nitrogens is 1. The molecule has 0 amide bonds. The summed E-state index contributed by atoms with van der Waals surface area (Å²) < 4.78 is 39.4. The van der Waals surface area contributed by atoms with Gasteiger partial charge in [-0.3, -0.25) is 0 Å². The van der Waals surface area contributed by atoms with Gasteiger partial charge in [-0.15, -0.1) is 0 Å². The molecule has 1 aromatic heterocycles. The van der Waals surface area contributed by atoms with Gasteiger partial charge in [-0.2, -0.15) is 13.2 Å². The first-order chi connectivity index (χ1) is 9.27. The zero-order valence-electron chi connectivity index (χ0n) is 11.9. The second-order valence-electron chi connectivity index (χ2n) is 4.89. The first-order valence-electron chi connectivity index (χ1n) is 6.49. The maximum Gasteiger partial charge on any atom is 0.433 e. The van der Waals surface area contributed by atoms with Crippen molar-refractivity contribution < 1.29 is 13.2 Å². The molecule has 2 aromatic rings. The molecular formula is C15H17F3N2. The van der Waals surface area contributed by atoms with Gasteiger partial charge in [-0.1, -0.05) is 12.1 Å². The lowest BCUT2D eigenvalue weighted by atomic mass is 10.0. The van der Waals surface area contributed by atoms with Gasteiger partial charge >= 0.3 is 6.18 Å². The third-order valence-corrected chi connectivity index (χ3v) is 3.55. The Morgan fingerprint density at radius 3 is 2.30 bits per heavy atom. The second-order valence-corrected chi connectivity index (χ2v) is 4.89. The number of rotatable bonds is 2. The minimum Gasteiger partial charge on any atom is -0.385 e. The van der Waals surface area contributed by atoms with E-state index in [2.05, 4.69) is 10.3 Å². The molecule has 0 bridgehead atoms. The average molecular weight is 282 g/mol. The van der Waals surface area contributed by atoms with E-state index in [1.807, 2.05) is 26.0 Å². The highest BCUT2D eigenvalue weighted by atomic mass is 19.4. The Hall–Kier alpha value is -1.78. The van der Waals surface area contributed by atoms with Crippen molar-refractivity contribution in [2.75, 3.05) is 11.9 Å². The number of alkyl halides is 3. The Balaban J connectivity index is 2.91. The third-order valence-electron chi connectivity index (χ3n) is 3.55. The van der Waals surface area contributed by atoms with E-state index in [1.54, 1.807) is 6.92 Å². The Labute approximate surface area is 116 Å². The van der Waals surface area contributed by atoms with Crippen molar-refractivity contribution in [3.8, 4) is 0 Å². The van der Waals surface area contributed by atoms with Gasteiger partial charge in [0.15, 0.2) is 0 Å². The molecule has 0 spiro atoms. The lowest BCUT2D eigenvalue weighted by Crippen LogP contribution is -2.14. The first kappa shape index (κ1) is 14.6. The standard InChI is InChI=1S/C15H17F3N2/c1-5-19-12-10(4)14(15(16,17)18)20-13-9(3)8(2)6-7-11(12)13/h6-7H,5H2,1-4H3,(H,19,20). The summed E-state index contributed by atoms with van der Waals surface area (Å²) in [5.41, 5.74) is 1.99. The Morgan fingerprint density at radius 2 is 1.75 bits per heavy atom. The number of benzene rings is 1. The fourth-order valence-electron chi connectivity index (χ4n) is 2.34. The van der Waals surface area contributed by atoms with Crippen molar-refractivity contribution in [2.45, 2.75) is 33.9 Å². The number of nitrogens with zero attached hydrogens (tertiary/aromatic N) is 1. The molecule has 0 saturated heterocycles. The molecule has 108 valence electrons. The van der Waals surface area contributed by atoms with Crippen LogP contribution in [-0.2, 0) is 6.18 Å². The van der Waals surface area contributed by atoms with Crippen LogP contribution in [0.2, 0.25) is 0 Å². The van der Waals surface area contributed by atoms with Gasteiger partial charge in [0, 0.05) is 23.2 Å². The molecule has 0 aliphatic carbocycles. The van der Waals surface area contributed by atoms with Crippen molar-refractivity contribution in [3.63, 3.8) is 0 Å². The number of hydrogen-bond donors (Lipinski definition) is 1. The molecule has 5 heteroatoms. The van der Waals surface area contributed by atoms with E-state index >= 15 is 0 Å². The SMILES string of the molecule is CCNc1c(C)c(C(F)(F)F)nc2c(C)c(C)ccc12. The van der Waals surface area contributed by atoms with Crippen molar-refractivity contribution >= 4 is 16.6 Å². The third kappa shape index (κ3) is 2.32. The van der Waals surface area contributed by atoms with Crippen molar-refractivity contribution in [1.29, 1.82) is 0 Å². The highest BCUT2D eigenvalue weighted by Crippen LogP contribution is 2.38. The number of halogens is 3. The maximum absolute atomic E-state index is 13.1. The molecule has 0 saturated carbocycles. The van der Waals surface area contributed by atoms with Crippen LogP contribution < -0.4 is 5.32 Å². The molecule has 0 atom stereocenters. The predicted octanol–water partition coefficient (Wildman–Crippen LogP) is 4.61. The lowest BCUT2D eigenvalue weighted by molar-refractivity contribution is -0.141. The molecule has 0 radical (unpaired) electrons. The minimum atomic E-state index is -4.45. The summed E-state index contributed by atoms with van der Waals surface area (Å²) in [5, 5.41) is 3.77. The molecule has 0 unspecified atom stereocenters. The van der Waals surface area contributed by atoms with Crippen LogP contribution in [0.3, 0.4) is 0 Å². The Bertz CT molecular complexity index is 660. The topological polar surface area (TPSA) is 24.9 Å². The van der Waals surface area contributed by atoms with Crippen LogP contribution in [0.4, 0.5) is 18.9 Å². The fraction of sp³-hybridized carbons (Fsp3) is 0.400. The van der Waals surface area contributed by atoms with Crippen LogP contribution in [0.5, 0.6) is 0 Å². The van der Waals surface area contributed by atoms with Gasteiger partial charge in [0.25, 0.3) is 0 Å². The van der Waals surface area contributed by atoms with E-state index in [9.17, 15) is 13.2 Å². The summed E-state index contributed by atoms with van der Waals surface area (Å²) in [6.45, 7) is 7.55. The quantitative estimate of drug-likeness (QED) is 0.870. The molecule has 1 heterocycles. The molecule has 1 aromatic carbocycles. The second kappa shape index (κ2) is 4.96. The summed E-state index contributed by atoms with van der Waals surface area (Å²) in [5.74, 6) is 0. The summed E-state index contributed by atoms with van der Waals surface area (Å²) in [6, 6.07) is 3.74. The molecule has 0 fully saturated rings. The van der Waals surface area contributed by atoms with Crippen LogP contribution in [0.15, 0.2) is 12.1 Å². The fourth-order valence-corrected chi connectivity index (χ4v) is 2.34. The highest BCUT2D eigenvalue weighted by Gasteiger charge is 2.36. The minimum absolute atomic E-state index is 0.148. The smallest absolute Gasteiger partial charge is 0.385 e. The van der Waals surface area contributed by atoms with E-state index in [4.69, 9.17) is 0 Å². The van der Waals surface area contributed by atoms with Gasteiger partial charge in [-0.05, 0) is 38.8 Å². The maximum atomic E-state index is 13.1. The first-order valence-corrected chi connectivity index (χ1v) is 6.49. The normalized spacial score (nSPS) is 11.9. The van der Waals surface area contributed by atoms with Crippen LogP contribution in [0.25, 0.3) is 10.9 Å². The number of nitrogens with one attached hydrogen (secondary N) is 1. The van der Waals surface area contributed by atoms with Gasteiger partial charge in [0.2, 0.25) is 0 Å². The summed E-state index contributed by atoms with van der Waals surface area (Å²) >= 11 is 0. The number of aryl methyl sites for hydroxylation is 2. The van der Waals surface area contributed by atoms with Crippen LogP contribution in [-0.4, -0.2) is 11.5 Å². The summed E-state index contributed by atoms with van der Waals surface area (Å²) in [4.78, 5) is 3.88. The monoisotopic (exact) mass is 282 g/mol. The molecular weight excluding hydrogens is 265 g/mol. The summed E-state index contributed by atoms with van der Waals surface area (Å²) in [6.07, 6.45) is -4.45. The van der Waals surface area contributed by atoms with Gasteiger partial charge in [-0.25, -0.2) is 4.98 Å². The van der Waals surface area contributed by atoms with E-state index < -0.39 is 11.9 Å². The zero-order valence-corrected chi connectivity index (χ0v) is 11.9. The highest BCUT2D eigenvalue weighted by molar-refractivity contribution is 5.95. The van der Waals surface area contributed by atoms with Crippen LogP contribution >= 0.6 is 0 Å². The molecule has 0 aliphatic heterocycles. The number of hydrogen-bond acceptors (Lipinski definition) is 2. The summed E-state index contributed by atoms with van der Waals surface area (Å²) in [7, 11) is 0. The Morgan fingerprint density at radius 1 is 1.10 bits per heavy atom. The van der Waals surface area contributed by atoms with Crippen molar-refractivity contribution in [1.82, 2.24) is 4.98 Å². The number of anilines is 1. The molecule has 20 heavy (non-hydrogen) atoms. The Kier molecular flexibility index (Phi) is 3.63. The number of pyridine rings is 1. The lowest BCUT2D eigenvalue weighted by Gasteiger charge is -2.18. The van der Waals surface area contributed by atoms with Crippen molar-refractivity contribution in [3.05, 3.63) is 34.5 Å². The molecule has 0 aliphatic rings. The molecule has 1 N–H and O–H groups in total. The van der Waals surface area contributed by atoms with E-state index in [1.165, 1.54) is 6.92 Å². The van der Waals surface area contributed by atoms with Gasteiger partial charge in [0.05, 0.1) is 5.52 Å². The van der Waals surface area contributed by atoms with E-state index in [0.29, 0.717) is 17.7 Å². The average Bonchev–Trinajstić information content (AvgIpc) is 2.35. The van der Waals surface area contributed by atoms with Gasteiger partial charge < -0.3 is 5.32 Å². The largest absolute Gasteiger partial charge is 0.433 e.